The number of thiophene rings is 1. The number of likely N-dealkylation sites (tertiary alicyclic amines) is 1. The third kappa shape index (κ3) is 2.47. The number of hydrogen-bond acceptors (Lipinski definition) is 3. The fourth-order valence-corrected chi connectivity index (χ4v) is 4.86. The molecule has 0 saturated carbocycles. The first-order valence-electron chi connectivity index (χ1n) is 8.20. The van der Waals surface area contributed by atoms with Gasteiger partial charge in [0, 0.05) is 29.2 Å². The second-order valence-corrected chi connectivity index (χ2v) is 7.25. The minimum Gasteiger partial charge on any atom is -0.334 e. The zero-order chi connectivity index (χ0) is 14.9. The normalized spacial score (nSPS) is 21.1. The van der Waals surface area contributed by atoms with Crippen molar-refractivity contribution in [3.05, 3.63) is 39.8 Å². The standard InChI is InChI=1S/C17H21N3OS/c21-17(15-12-22-16-7-2-1-6-14(15)16)20-10-3-5-13(20)11-19-9-4-8-18-19/h4,8-9,12-13H,1-3,5-7,10-11H2/t13-/m1/s1. The van der Waals surface area contributed by atoms with Gasteiger partial charge in [-0.05, 0) is 50.2 Å². The van der Waals surface area contributed by atoms with Crippen molar-refractivity contribution in [1.82, 2.24) is 14.7 Å². The molecule has 5 heteroatoms. The molecule has 0 bridgehead atoms. The maximum atomic E-state index is 13.0. The summed E-state index contributed by atoms with van der Waals surface area (Å²) in [4.78, 5) is 16.5. The summed E-state index contributed by atoms with van der Waals surface area (Å²) in [6.45, 7) is 1.69. The minimum absolute atomic E-state index is 0.244. The molecule has 1 amide bonds. The lowest BCUT2D eigenvalue weighted by Gasteiger charge is -2.25. The van der Waals surface area contributed by atoms with Gasteiger partial charge in [0.15, 0.2) is 0 Å². The number of fused-ring (bicyclic) bond motifs is 1. The summed E-state index contributed by atoms with van der Waals surface area (Å²) >= 11 is 1.78. The van der Waals surface area contributed by atoms with Crippen molar-refractivity contribution >= 4 is 17.2 Å². The van der Waals surface area contributed by atoms with E-state index < -0.39 is 0 Å². The predicted molar refractivity (Wildman–Crippen MR) is 87.2 cm³/mol. The molecule has 1 aliphatic carbocycles. The molecule has 2 aromatic heterocycles. The summed E-state index contributed by atoms with van der Waals surface area (Å²) in [6, 6.07) is 2.22. The molecule has 0 N–H and O–H groups in total. The highest BCUT2D eigenvalue weighted by molar-refractivity contribution is 7.10. The van der Waals surface area contributed by atoms with E-state index in [1.54, 1.807) is 17.5 Å². The van der Waals surface area contributed by atoms with Gasteiger partial charge in [0.2, 0.25) is 0 Å². The van der Waals surface area contributed by atoms with E-state index in [4.69, 9.17) is 0 Å². The summed E-state index contributed by atoms with van der Waals surface area (Å²) in [5.41, 5.74) is 2.32. The number of nitrogens with zero attached hydrogens (tertiary/aromatic N) is 3. The first-order valence-corrected chi connectivity index (χ1v) is 9.08. The summed E-state index contributed by atoms with van der Waals surface area (Å²) in [7, 11) is 0. The number of aryl methyl sites for hydroxylation is 1. The molecular weight excluding hydrogens is 294 g/mol. The van der Waals surface area contributed by atoms with Crippen molar-refractivity contribution in [2.45, 2.75) is 51.1 Å². The van der Waals surface area contributed by atoms with Gasteiger partial charge in [-0.3, -0.25) is 9.48 Å². The molecule has 2 aromatic rings. The van der Waals surface area contributed by atoms with E-state index in [9.17, 15) is 4.79 Å². The van der Waals surface area contributed by atoms with Crippen molar-refractivity contribution < 1.29 is 4.79 Å². The van der Waals surface area contributed by atoms with Crippen LogP contribution in [-0.2, 0) is 19.4 Å². The van der Waals surface area contributed by atoms with E-state index in [0.717, 1.165) is 44.3 Å². The Balaban J connectivity index is 1.55. The topological polar surface area (TPSA) is 38.1 Å². The van der Waals surface area contributed by atoms with E-state index in [1.165, 1.54) is 23.3 Å². The molecule has 0 radical (unpaired) electrons. The number of aromatic nitrogens is 2. The molecule has 4 nitrogen and oxygen atoms in total. The molecular formula is C17H21N3OS. The summed E-state index contributed by atoms with van der Waals surface area (Å²) in [5, 5.41) is 6.39. The Morgan fingerprint density at radius 2 is 2.23 bits per heavy atom. The maximum absolute atomic E-state index is 13.0. The highest BCUT2D eigenvalue weighted by atomic mass is 32.1. The number of rotatable bonds is 3. The Morgan fingerprint density at radius 1 is 1.32 bits per heavy atom. The van der Waals surface area contributed by atoms with Gasteiger partial charge in [0.05, 0.1) is 18.2 Å². The van der Waals surface area contributed by atoms with Crippen LogP contribution in [0.5, 0.6) is 0 Å². The summed E-state index contributed by atoms with van der Waals surface area (Å²) in [5.74, 6) is 0.244. The van der Waals surface area contributed by atoms with Gasteiger partial charge in [0.1, 0.15) is 0 Å². The first-order chi connectivity index (χ1) is 10.8. The van der Waals surface area contributed by atoms with Crippen molar-refractivity contribution in [3.8, 4) is 0 Å². The van der Waals surface area contributed by atoms with Crippen LogP contribution >= 0.6 is 11.3 Å². The smallest absolute Gasteiger partial charge is 0.255 e. The SMILES string of the molecule is O=C(c1csc2c1CCCC2)N1CCC[C@@H]1Cn1cccn1. The molecule has 0 unspecified atom stereocenters. The van der Waals surface area contributed by atoms with Crippen LogP contribution < -0.4 is 0 Å². The van der Waals surface area contributed by atoms with Gasteiger partial charge in [0.25, 0.3) is 5.91 Å². The van der Waals surface area contributed by atoms with Gasteiger partial charge in [-0.1, -0.05) is 0 Å². The Hall–Kier alpha value is -1.62. The van der Waals surface area contributed by atoms with Gasteiger partial charge in [-0.25, -0.2) is 0 Å². The third-order valence-electron chi connectivity index (χ3n) is 4.89. The first kappa shape index (κ1) is 14.0. The molecule has 0 spiro atoms. The van der Waals surface area contributed by atoms with Crippen LogP contribution in [0.25, 0.3) is 0 Å². The molecule has 22 heavy (non-hydrogen) atoms. The van der Waals surface area contributed by atoms with Crippen LogP contribution in [0.3, 0.4) is 0 Å². The Bertz CT molecular complexity index is 662. The van der Waals surface area contributed by atoms with Gasteiger partial charge in [-0.15, -0.1) is 11.3 Å². The van der Waals surface area contributed by atoms with E-state index in [1.807, 2.05) is 16.9 Å². The van der Waals surface area contributed by atoms with E-state index in [-0.39, 0.29) is 11.9 Å². The highest BCUT2D eigenvalue weighted by Crippen LogP contribution is 2.32. The van der Waals surface area contributed by atoms with Crippen molar-refractivity contribution in [2.75, 3.05) is 6.54 Å². The second kappa shape index (κ2) is 5.88. The minimum atomic E-state index is 0.244. The number of hydrogen-bond donors (Lipinski definition) is 0. The van der Waals surface area contributed by atoms with Crippen LogP contribution in [0.15, 0.2) is 23.8 Å². The largest absolute Gasteiger partial charge is 0.334 e. The molecule has 0 aromatic carbocycles. The quantitative estimate of drug-likeness (QED) is 0.873. The van der Waals surface area contributed by atoms with Gasteiger partial charge >= 0.3 is 0 Å². The monoisotopic (exact) mass is 315 g/mol. The zero-order valence-corrected chi connectivity index (χ0v) is 13.5. The number of amides is 1. The lowest BCUT2D eigenvalue weighted by atomic mass is 9.95. The number of carbonyl (C=O) groups excluding carboxylic acids is 1. The molecule has 1 aliphatic heterocycles. The second-order valence-electron chi connectivity index (χ2n) is 6.28. The molecule has 1 saturated heterocycles. The third-order valence-corrected chi connectivity index (χ3v) is 5.98. The molecule has 116 valence electrons. The van der Waals surface area contributed by atoms with Crippen LogP contribution in [0.4, 0.5) is 0 Å². The van der Waals surface area contributed by atoms with E-state index >= 15 is 0 Å². The zero-order valence-electron chi connectivity index (χ0n) is 12.7. The van der Waals surface area contributed by atoms with Crippen LogP contribution in [-0.4, -0.2) is 33.2 Å². The molecule has 1 atom stereocenters. The lowest BCUT2D eigenvalue weighted by Crippen LogP contribution is -2.38. The van der Waals surface area contributed by atoms with Crippen LogP contribution in [0.2, 0.25) is 0 Å². The van der Waals surface area contributed by atoms with Gasteiger partial charge in [-0.2, -0.15) is 5.10 Å². The molecule has 2 aliphatic rings. The van der Waals surface area contributed by atoms with Crippen molar-refractivity contribution in [1.29, 1.82) is 0 Å². The number of carbonyl (C=O) groups is 1. The van der Waals surface area contributed by atoms with E-state index in [0.29, 0.717) is 0 Å². The Kier molecular flexibility index (Phi) is 3.74. The maximum Gasteiger partial charge on any atom is 0.255 e. The summed E-state index contributed by atoms with van der Waals surface area (Å²) in [6.07, 6.45) is 10.7. The Morgan fingerprint density at radius 3 is 3.09 bits per heavy atom. The Labute approximate surface area is 134 Å². The molecule has 4 rings (SSSR count). The van der Waals surface area contributed by atoms with Crippen molar-refractivity contribution in [3.63, 3.8) is 0 Å². The van der Waals surface area contributed by atoms with Crippen LogP contribution in [0, 0.1) is 0 Å². The van der Waals surface area contributed by atoms with E-state index in [2.05, 4.69) is 15.4 Å². The molecule has 3 heterocycles. The fraction of sp³-hybridized carbons (Fsp3) is 0.529. The van der Waals surface area contributed by atoms with Crippen LogP contribution in [0.1, 0.15) is 46.5 Å². The summed E-state index contributed by atoms with van der Waals surface area (Å²) < 4.78 is 1.94. The average Bonchev–Trinajstić information content (AvgIpc) is 3.27. The lowest BCUT2D eigenvalue weighted by molar-refractivity contribution is 0.0721. The average molecular weight is 315 g/mol. The van der Waals surface area contributed by atoms with Crippen molar-refractivity contribution in [2.24, 2.45) is 0 Å². The molecule has 1 fully saturated rings. The highest BCUT2D eigenvalue weighted by Gasteiger charge is 2.32. The predicted octanol–water partition coefficient (Wildman–Crippen LogP) is 3.13. The van der Waals surface area contributed by atoms with Gasteiger partial charge < -0.3 is 4.90 Å². The fourth-order valence-electron chi connectivity index (χ4n) is 3.75.